The molecule has 4 aromatic rings. The van der Waals surface area contributed by atoms with E-state index in [1.807, 2.05) is 55.1 Å². The van der Waals surface area contributed by atoms with Gasteiger partial charge >= 0.3 is 5.97 Å². The Labute approximate surface area is 179 Å². The molecule has 0 unspecified atom stereocenters. The Bertz CT molecular complexity index is 1310. The van der Waals surface area contributed by atoms with Gasteiger partial charge in [-0.25, -0.2) is 0 Å². The van der Waals surface area contributed by atoms with Gasteiger partial charge in [-0.1, -0.05) is 23.4 Å². The molecule has 0 radical (unpaired) electrons. The van der Waals surface area contributed by atoms with Crippen molar-refractivity contribution in [3.63, 3.8) is 0 Å². The summed E-state index contributed by atoms with van der Waals surface area (Å²) in [6.45, 7) is 4.17. The Morgan fingerprint density at radius 2 is 2.10 bits per heavy atom. The molecule has 0 aliphatic carbocycles. The summed E-state index contributed by atoms with van der Waals surface area (Å²) in [6, 6.07) is 13.8. The van der Waals surface area contributed by atoms with Gasteiger partial charge in [0, 0.05) is 36.2 Å². The van der Waals surface area contributed by atoms with Crippen molar-refractivity contribution in [2.24, 2.45) is 7.05 Å². The number of carbonyl (C=O) groups is 1. The van der Waals surface area contributed by atoms with Crippen LogP contribution in [0, 0.1) is 18.3 Å². The second kappa shape index (κ2) is 8.44. The van der Waals surface area contributed by atoms with E-state index in [4.69, 9.17) is 9.26 Å². The number of benzene rings is 2. The molecule has 0 saturated heterocycles. The van der Waals surface area contributed by atoms with Crippen LogP contribution in [-0.4, -0.2) is 27.3 Å². The predicted octanol–water partition coefficient (Wildman–Crippen LogP) is 4.57. The fourth-order valence-electron chi connectivity index (χ4n) is 3.71. The molecule has 0 spiro atoms. The van der Waals surface area contributed by atoms with E-state index in [0.29, 0.717) is 42.3 Å². The molecule has 2 aromatic carbocycles. The zero-order chi connectivity index (χ0) is 22.0. The van der Waals surface area contributed by atoms with Crippen LogP contribution < -0.4 is 0 Å². The van der Waals surface area contributed by atoms with E-state index in [1.54, 1.807) is 13.0 Å². The third-order valence-corrected chi connectivity index (χ3v) is 5.22. The first-order chi connectivity index (χ1) is 15.0. The van der Waals surface area contributed by atoms with Crippen molar-refractivity contribution in [1.29, 1.82) is 5.26 Å². The van der Waals surface area contributed by atoms with E-state index in [2.05, 4.69) is 16.2 Å². The molecule has 0 aliphatic rings. The molecule has 31 heavy (non-hydrogen) atoms. The topological polar surface area (TPSA) is 93.9 Å². The lowest BCUT2D eigenvalue weighted by Crippen LogP contribution is -2.05. The van der Waals surface area contributed by atoms with Crippen molar-refractivity contribution in [3.05, 3.63) is 59.3 Å². The normalized spacial score (nSPS) is 10.9. The van der Waals surface area contributed by atoms with Crippen molar-refractivity contribution < 1.29 is 14.1 Å². The summed E-state index contributed by atoms with van der Waals surface area (Å²) in [5, 5.41) is 14.6. The van der Waals surface area contributed by atoms with Gasteiger partial charge in [0.05, 0.1) is 17.7 Å². The van der Waals surface area contributed by atoms with Crippen molar-refractivity contribution in [1.82, 2.24) is 14.7 Å². The fourth-order valence-corrected chi connectivity index (χ4v) is 3.71. The molecule has 4 rings (SSSR count). The Balaban J connectivity index is 1.60. The highest BCUT2D eigenvalue weighted by molar-refractivity contribution is 5.89. The van der Waals surface area contributed by atoms with Crippen molar-refractivity contribution in [2.75, 3.05) is 6.61 Å². The van der Waals surface area contributed by atoms with Gasteiger partial charge in [-0.2, -0.15) is 10.2 Å². The number of ether oxygens (including phenoxy) is 1. The minimum atomic E-state index is -0.195. The van der Waals surface area contributed by atoms with E-state index in [-0.39, 0.29) is 5.97 Å². The molecular weight excluding hydrogens is 392 g/mol. The van der Waals surface area contributed by atoms with Gasteiger partial charge in [-0.15, -0.1) is 0 Å². The third-order valence-electron chi connectivity index (χ3n) is 5.22. The van der Waals surface area contributed by atoms with Crippen LogP contribution in [0.25, 0.3) is 33.7 Å². The summed E-state index contributed by atoms with van der Waals surface area (Å²) < 4.78 is 12.4. The molecular formula is C24H22N4O3. The van der Waals surface area contributed by atoms with Gasteiger partial charge in [0.1, 0.15) is 6.07 Å². The quantitative estimate of drug-likeness (QED) is 0.429. The second-order valence-electron chi connectivity index (χ2n) is 7.38. The standard InChI is InChI=1S/C24H22N4O3/c1-4-30-21(29)8-6-16-5-7-20(15(2)11-16)23-26-24(31-27-23)18-12-17-9-10-28(3)22(17)19(13-18)14-25/h5,7,9-13H,4,6,8H2,1-3H3. The lowest BCUT2D eigenvalue weighted by Gasteiger charge is -2.06. The average Bonchev–Trinajstić information content (AvgIpc) is 3.39. The number of nitriles is 1. The number of nitrogens with zero attached hydrogens (tertiary/aromatic N) is 4. The van der Waals surface area contributed by atoms with E-state index < -0.39 is 0 Å². The first-order valence-corrected chi connectivity index (χ1v) is 10.1. The number of hydrogen-bond donors (Lipinski definition) is 0. The second-order valence-corrected chi connectivity index (χ2v) is 7.38. The van der Waals surface area contributed by atoms with Gasteiger partial charge in [0.2, 0.25) is 5.82 Å². The average molecular weight is 414 g/mol. The number of fused-ring (bicyclic) bond motifs is 1. The molecule has 0 aliphatic heterocycles. The number of hydrogen-bond acceptors (Lipinski definition) is 6. The lowest BCUT2D eigenvalue weighted by atomic mass is 10.0. The highest BCUT2D eigenvalue weighted by Crippen LogP contribution is 2.29. The minimum Gasteiger partial charge on any atom is -0.466 e. The summed E-state index contributed by atoms with van der Waals surface area (Å²) in [4.78, 5) is 16.1. The van der Waals surface area contributed by atoms with E-state index >= 15 is 0 Å². The molecule has 0 saturated carbocycles. The maximum atomic E-state index is 11.6. The summed E-state index contributed by atoms with van der Waals surface area (Å²) in [5.41, 5.74) is 5.03. The predicted molar refractivity (Wildman–Crippen MR) is 116 cm³/mol. The van der Waals surface area contributed by atoms with E-state index in [9.17, 15) is 10.1 Å². The number of rotatable bonds is 6. The lowest BCUT2D eigenvalue weighted by molar-refractivity contribution is -0.143. The van der Waals surface area contributed by atoms with Crippen LogP contribution in [0.3, 0.4) is 0 Å². The minimum absolute atomic E-state index is 0.195. The maximum Gasteiger partial charge on any atom is 0.306 e. The summed E-state index contributed by atoms with van der Waals surface area (Å²) in [7, 11) is 1.91. The van der Waals surface area contributed by atoms with Gasteiger partial charge in [-0.05, 0) is 49.6 Å². The van der Waals surface area contributed by atoms with Crippen LogP contribution in [0.1, 0.15) is 30.0 Å². The first-order valence-electron chi connectivity index (χ1n) is 10.1. The largest absolute Gasteiger partial charge is 0.466 e. The smallest absolute Gasteiger partial charge is 0.306 e. The molecule has 0 N–H and O–H groups in total. The molecule has 0 bridgehead atoms. The molecule has 2 aromatic heterocycles. The molecule has 0 amide bonds. The maximum absolute atomic E-state index is 11.6. The van der Waals surface area contributed by atoms with Gasteiger partial charge in [0.15, 0.2) is 0 Å². The Morgan fingerprint density at radius 3 is 2.84 bits per heavy atom. The molecule has 7 nitrogen and oxygen atoms in total. The Hall–Kier alpha value is -3.92. The Kier molecular flexibility index (Phi) is 5.54. The first kappa shape index (κ1) is 20.4. The van der Waals surface area contributed by atoms with Gasteiger partial charge in [-0.3, -0.25) is 4.79 Å². The van der Waals surface area contributed by atoms with Crippen molar-refractivity contribution in [3.8, 4) is 28.9 Å². The number of carbonyl (C=O) groups excluding carboxylic acids is 1. The number of aryl methyl sites for hydroxylation is 3. The highest BCUT2D eigenvalue weighted by atomic mass is 16.5. The molecule has 0 fully saturated rings. The van der Waals surface area contributed by atoms with Gasteiger partial charge < -0.3 is 13.8 Å². The zero-order valence-corrected chi connectivity index (χ0v) is 17.7. The molecule has 0 atom stereocenters. The van der Waals surface area contributed by atoms with Gasteiger partial charge in [0.25, 0.3) is 5.89 Å². The van der Waals surface area contributed by atoms with Crippen molar-refractivity contribution in [2.45, 2.75) is 26.7 Å². The number of esters is 1. The van der Waals surface area contributed by atoms with Crippen LogP contribution in [0.2, 0.25) is 0 Å². The van der Waals surface area contributed by atoms with Crippen LogP contribution in [-0.2, 0) is 23.0 Å². The molecule has 7 heteroatoms. The summed E-state index contributed by atoms with van der Waals surface area (Å²) in [5.74, 6) is 0.651. The molecule has 156 valence electrons. The Morgan fingerprint density at radius 1 is 1.26 bits per heavy atom. The highest BCUT2D eigenvalue weighted by Gasteiger charge is 2.16. The van der Waals surface area contributed by atoms with E-state index in [1.165, 1.54) is 0 Å². The summed E-state index contributed by atoms with van der Waals surface area (Å²) in [6.07, 6.45) is 2.88. The molecule has 2 heterocycles. The summed E-state index contributed by atoms with van der Waals surface area (Å²) >= 11 is 0. The van der Waals surface area contributed by atoms with Crippen molar-refractivity contribution >= 4 is 16.9 Å². The van der Waals surface area contributed by atoms with Crippen LogP contribution >= 0.6 is 0 Å². The zero-order valence-electron chi connectivity index (χ0n) is 17.7. The van der Waals surface area contributed by atoms with Crippen LogP contribution in [0.5, 0.6) is 0 Å². The SMILES string of the molecule is CCOC(=O)CCc1ccc(-c2noc(-c3cc(C#N)c4c(ccn4C)c3)n2)c(C)c1. The monoisotopic (exact) mass is 414 g/mol. The third kappa shape index (κ3) is 4.05. The van der Waals surface area contributed by atoms with E-state index in [0.717, 1.165) is 27.6 Å². The van der Waals surface area contributed by atoms with Crippen LogP contribution in [0.4, 0.5) is 0 Å². The van der Waals surface area contributed by atoms with Crippen LogP contribution in [0.15, 0.2) is 47.1 Å². The number of aromatic nitrogens is 3. The fraction of sp³-hybridized carbons (Fsp3) is 0.250.